The minimum Gasteiger partial charge on any atom is -0.394 e. The molecular weight excluding hydrogens is 220 g/mol. The van der Waals surface area contributed by atoms with Crippen LogP contribution in [-0.4, -0.2) is 46.5 Å². The number of hydrogen-bond acceptors (Lipinski definition) is 5. The van der Waals surface area contributed by atoms with Crippen LogP contribution in [-0.2, 0) is 17.8 Å². The largest absolute Gasteiger partial charge is 0.394 e. The van der Waals surface area contributed by atoms with Gasteiger partial charge in [-0.2, -0.15) is 0 Å². The molecule has 1 aliphatic rings. The quantitative estimate of drug-likeness (QED) is 0.719. The predicted molar refractivity (Wildman–Crippen MR) is 62.4 cm³/mol. The van der Waals surface area contributed by atoms with Gasteiger partial charge in [-0.15, -0.1) is 5.10 Å². The van der Waals surface area contributed by atoms with Crippen LogP contribution < -0.4 is 5.32 Å². The van der Waals surface area contributed by atoms with Crippen LogP contribution in [0.2, 0.25) is 0 Å². The second-order valence-corrected chi connectivity index (χ2v) is 4.41. The number of hydrogen-bond donors (Lipinski definition) is 2. The van der Waals surface area contributed by atoms with E-state index in [4.69, 9.17) is 9.84 Å². The van der Waals surface area contributed by atoms with Crippen molar-refractivity contribution in [3.8, 4) is 0 Å². The molecule has 1 aliphatic heterocycles. The van der Waals surface area contributed by atoms with Gasteiger partial charge in [0.25, 0.3) is 0 Å². The van der Waals surface area contributed by atoms with Gasteiger partial charge in [0, 0.05) is 25.9 Å². The van der Waals surface area contributed by atoms with Crippen LogP contribution in [0.15, 0.2) is 6.20 Å². The van der Waals surface area contributed by atoms with Crippen LogP contribution in [0.5, 0.6) is 0 Å². The first-order valence-corrected chi connectivity index (χ1v) is 6.17. The normalized spacial score (nSPS) is 20.6. The van der Waals surface area contributed by atoms with E-state index in [-0.39, 0.29) is 6.61 Å². The highest BCUT2D eigenvalue weighted by Gasteiger charge is 2.13. The molecule has 2 heterocycles. The monoisotopic (exact) mass is 240 g/mol. The highest BCUT2D eigenvalue weighted by atomic mass is 16.5. The van der Waals surface area contributed by atoms with Crippen molar-refractivity contribution < 1.29 is 9.84 Å². The molecule has 1 unspecified atom stereocenters. The molecule has 0 spiro atoms. The van der Waals surface area contributed by atoms with E-state index in [1.54, 1.807) is 4.68 Å². The van der Waals surface area contributed by atoms with Gasteiger partial charge in [-0.1, -0.05) is 5.21 Å². The lowest BCUT2D eigenvalue weighted by atomic mass is 10.0. The molecule has 6 heteroatoms. The highest BCUT2D eigenvalue weighted by Crippen LogP contribution is 2.12. The topological polar surface area (TPSA) is 72.2 Å². The Hall–Kier alpha value is -0.980. The average molecular weight is 240 g/mol. The zero-order valence-corrected chi connectivity index (χ0v) is 10.0. The lowest BCUT2D eigenvalue weighted by Crippen LogP contribution is -2.28. The van der Waals surface area contributed by atoms with E-state index >= 15 is 0 Å². The summed E-state index contributed by atoms with van der Waals surface area (Å²) >= 11 is 0. The molecule has 0 aromatic carbocycles. The summed E-state index contributed by atoms with van der Waals surface area (Å²) < 4.78 is 7.07. The minimum atomic E-state index is 0.0929. The molecule has 1 saturated heterocycles. The third kappa shape index (κ3) is 4.07. The van der Waals surface area contributed by atoms with E-state index in [1.807, 2.05) is 6.20 Å². The standard InChI is InChI=1S/C11H20N4O2/c16-4-3-15-8-11(13-14-15)7-12-6-10-2-1-5-17-9-10/h8,10,12,16H,1-7,9H2. The summed E-state index contributed by atoms with van der Waals surface area (Å²) in [6.45, 7) is 4.06. The Bertz CT molecular complexity index is 323. The molecule has 1 atom stereocenters. The maximum Gasteiger partial charge on any atom is 0.0964 e. The van der Waals surface area contributed by atoms with E-state index in [9.17, 15) is 0 Å². The number of nitrogens with one attached hydrogen (secondary N) is 1. The molecule has 1 fully saturated rings. The smallest absolute Gasteiger partial charge is 0.0964 e. The van der Waals surface area contributed by atoms with Crippen LogP contribution in [0.3, 0.4) is 0 Å². The van der Waals surface area contributed by atoms with E-state index in [0.717, 1.165) is 32.0 Å². The Kier molecular flexibility index (Phi) is 4.90. The number of aromatic nitrogens is 3. The predicted octanol–water partition coefficient (Wildman–Crippen LogP) is -0.213. The fraction of sp³-hybridized carbons (Fsp3) is 0.818. The molecule has 0 amide bonds. The van der Waals surface area contributed by atoms with Gasteiger partial charge in [0.2, 0.25) is 0 Å². The van der Waals surface area contributed by atoms with Crippen molar-refractivity contribution in [2.24, 2.45) is 5.92 Å². The van der Waals surface area contributed by atoms with Crippen molar-refractivity contribution in [1.29, 1.82) is 0 Å². The maximum atomic E-state index is 8.76. The minimum absolute atomic E-state index is 0.0929. The van der Waals surface area contributed by atoms with Crippen LogP contribution in [0.4, 0.5) is 0 Å². The molecule has 2 rings (SSSR count). The van der Waals surface area contributed by atoms with Crippen LogP contribution >= 0.6 is 0 Å². The Morgan fingerprint density at radius 2 is 2.53 bits per heavy atom. The second-order valence-electron chi connectivity index (χ2n) is 4.41. The first kappa shape index (κ1) is 12.5. The van der Waals surface area contributed by atoms with Gasteiger partial charge >= 0.3 is 0 Å². The summed E-state index contributed by atoms with van der Waals surface area (Å²) in [6, 6.07) is 0. The number of aliphatic hydroxyl groups is 1. The Morgan fingerprint density at radius 3 is 3.29 bits per heavy atom. The van der Waals surface area contributed by atoms with E-state index in [0.29, 0.717) is 12.5 Å². The molecule has 0 aliphatic carbocycles. The number of ether oxygens (including phenoxy) is 1. The number of aliphatic hydroxyl groups excluding tert-OH is 1. The van der Waals surface area contributed by atoms with Crippen molar-refractivity contribution in [2.45, 2.75) is 25.9 Å². The molecule has 6 nitrogen and oxygen atoms in total. The van der Waals surface area contributed by atoms with Gasteiger partial charge in [0.1, 0.15) is 0 Å². The second kappa shape index (κ2) is 6.68. The first-order valence-electron chi connectivity index (χ1n) is 6.17. The van der Waals surface area contributed by atoms with E-state index in [2.05, 4.69) is 15.6 Å². The molecule has 0 bridgehead atoms. The van der Waals surface area contributed by atoms with E-state index in [1.165, 1.54) is 12.8 Å². The molecule has 0 radical (unpaired) electrons. The fourth-order valence-electron chi connectivity index (χ4n) is 2.00. The van der Waals surface area contributed by atoms with Crippen LogP contribution in [0.1, 0.15) is 18.5 Å². The summed E-state index contributed by atoms with van der Waals surface area (Å²) in [5.74, 6) is 0.622. The summed E-state index contributed by atoms with van der Waals surface area (Å²) in [4.78, 5) is 0. The van der Waals surface area contributed by atoms with Crippen molar-refractivity contribution in [3.05, 3.63) is 11.9 Å². The highest BCUT2D eigenvalue weighted by molar-refractivity contribution is 4.91. The zero-order valence-electron chi connectivity index (χ0n) is 10.0. The average Bonchev–Trinajstić information content (AvgIpc) is 2.79. The van der Waals surface area contributed by atoms with Gasteiger partial charge in [0.05, 0.1) is 25.5 Å². The third-order valence-corrected chi connectivity index (χ3v) is 2.91. The Balaban J connectivity index is 1.66. The molecule has 2 N–H and O–H groups in total. The molecule has 1 aromatic rings. The van der Waals surface area contributed by atoms with Gasteiger partial charge in [-0.05, 0) is 18.8 Å². The first-order chi connectivity index (χ1) is 8.38. The maximum absolute atomic E-state index is 8.76. The van der Waals surface area contributed by atoms with Crippen molar-refractivity contribution in [3.63, 3.8) is 0 Å². The summed E-state index contributed by atoms with van der Waals surface area (Å²) in [6.07, 6.45) is 4.27. The Morgan fingerprint density at radius 1 is 1.59 bits per heavy atom. The number of rotatable bonds is 6. The fourth-order valence-corrected chi connectivity index (χ4v) is 2.00. The summed E-state index contributed by atoms with van der Waals surface area (Å²) in [5.41, 5.74) is 0.912. The molecule has 17 heavy (non-hydrogen) atoms. The van der Waals surface area contributed by atoms with Gasteiger partial charge in [0.15, 0.2) is 0 Å². The summed E-state index contributed by atoms with van der Waals surface area (Å²) in [5, 5.41) is 20.1. The molecular formula is C11H20N4O2. The van der Waals surface area contributed by atoms with Crippen molar-refractivity contribution >= 4 is 0 Å². The van der Waals surface area contributed by atoms with Crippen molar-refractivity contribution in [2.75, 3.05) is 26.4 Å². The zero-order chi connectivity index (χ0) is 11.9. The number of nitrogens with zero attached hydrogens (tertiary/aromatic N) is 3. The van der Waals surface area contributed by atoms with E-state index < -0.39 is 0 Å². The molecule has 96 valence electrons. The van der Waals surface area contributed by atoms with Gasteiger partial charge in [-0.25, -0.2) is 4.68 Å². The van der Waals surface area contributed by atoms with Crippen LogP contribution in [0, 0.1) is 5.92 Å². The lowest BCUT2D eigenvalue weighted by Gasteiger charge is -2.21. The SMILES string of the molecule is OCCn1cc(CNCC2CCCOC2)nn1. The molecule has 0 saturated carbocycles. The van der Waals surface area contributed by atoms with Crippen molar-refractivity contribution in [1.82, 2.24) is 20.3 Å². The molecule has 1 aromatic heterocycles. The summed E-state index contributed by atoms with van der Waals surface area (Å²) in [7, 11) is 0. The van der Waals surface area contributed by atoms with Crippen LogP contribution in [0.25, 0.3) is 0 Å². The van der Waals surface area contributed by atoms with Gasteiger partial charge < -0.3 is 15.2 Å². The Labute approximate surface area is 101 Å². The van der Waals surface area contributed by atoms with Gasteiger partial charge in [-0.3, -0.25) is 0 Å². The third-order valence-electron chi connectivity index (χ3n) is 2.91. The lowest BCUT2D eigenvalue weighted by molar-refractivity contribution is 0.0547.